The Balaban J connectivity index is 1.53. The van der Waals surface area contributed by atoms with Crippen molar-refractivity contribution in [2.24, 2.45) is 0 Å². The fraction of sp³-hybridized carbons (Fsp3) is 0.348. The summed E-state index contributed by atoms with van der Waals surface area (Å²) in [7, 11) is 1.75. The molecular formula is C23H27N3O. The summed E-state index contributed by atoms with van der Waals surface area (Å²) in [6.45, 7) is 5.23. The molecule has 1 aromatic heterocycles. The molecule has 0 bridgehead atoms. The number of aromatic nitrogens is 2. The van der Waals surface area contributed by atoms with Crippen LogP contribution in [0.25, 0.3) is 11.1 Å². The van der Waals surface area contributed by atoms with E-state index in [-0.39, 0.29) is 0 Å². The predicted molar refractivity (Wildman–Crippen MR) is 109 cm³/mol. The molecule has 3 aromatic rings. The van der Waals surface area contributed by atoms with Gasteiger partial charge < -0.3 is 4.74 Å². The van der Waals surface area contributed by atoms with Crippen LogP contribution in [0.15, 0.2) is 54.7 Å². The lowest BCUT2D eigenvalue weighted by molar-refractivity contribution is 0.196. The van der Waals surface area contributed by atoms with Gasteiger partial charge in [0, 0.05) is 35.8 Å². The van der Waals surface area contributed by atoms with E-state index >= 15 is 0 Å². The maximum absolute atomic E-state index is 5.53. The van der Waals surface area contributed by atoms with Gasteiger partial charge in [0.25, 0.3) is 0 Å². The van der Waals surface area contributed by atoms with Crippen molar-refractivity contribution in [2.45, 2.75) is 32.2 Å². The van der Waals surface area contributed by atoms with Gasteiger partial charge in [-0.1, -0.05) is 48.0 Å². The number of benzene rings is 2. The molecule has 1 unspecified atom stereocenters. The van der Waals surface area contributed by atoms with Gasteiger partial charge in [-0.15, -0.1) is 0 Å². The van der Waals surface area contributed by atoms with Crippen molar-refractivity contribution in [3.05, 3.63) is 71.5 Å². The van der Waals surface area contributed by atoms with Crippen LogP contribution in [0.1, 0.15) is 35.6 Å². The Labute approximate surface area is 161 Å². The molecule has 4 nitrogen and oxygen atoms in total. The zero-order valence-corrected chi connectivity index (χ0v) is 16.1. The number of aromatic amines is 1. The highest BCUT2D eigenvalue weighted by Crippen LogP contribution is 2.34. The van der Waals surface area contributed by atoms with Crippen LogP contribution in [0, 0.1) is 6.92 Å². The molecule has 1 aliphatic heterocycles. The summed E-state index contributed by atoms with van der Waals surface area (Å²) in [5, 5.41) is 7.68. The predicted octanol–water partition coefficient (Wildman–Crippen LogP) is 4.77. The first-order chi connectivity index (χ1) is 13.2. The number of piperidine rings is 1. The molecule has 1 aliphatic rings. The average Bonchev–Trinajstić information content (AvgIpc) is 3.19. The average molecular weight is 361 g/mol. The van der Waals surface area contributed by atoms with Gasteiger partial charge in [-0.25, -0.2) is 0 Å². The van der Waals surface area contributed by atoms with E-state index in [0.717, 1.165) is 25.4 Å². The third-order valence-corrected chi connectivity index (χ3v) is 5.50. The molecule has 0 aliphatic carbocycles. The summed E-state index contributed by atoms with van der Waals surface area (Å²) in [6, 6.07) is 17.0. The Morgan fingerprint density at radius 1 is 1.19 bits per heavy atom. The molecule has 1 fully saturated rings. The molecule has 140 valence electrons. The van der Waals surface area contributed by atoms with Gasteiger partial charge in [-0.2, -0.15) is 5.10 Å². The Hall–Kier alpha value is -2.59. The van der Waals surface area contributed by atoms with Crippen LogP contribution < -0.4 is 4.74 Å². The Bertz CT molecular complexity index is 902. The number of rotatable bonds is 5. The topological polar surface area (TPSA) is 41.1 Å². The lowest BCUT2D eigenvalue weighted by atomic mass is 9.90. The first-order valence-electron chi connectivity index (χ1n) is 9.69. The second-order valence-electron chi connectivity index (χ2n) is 7.45. The fourth-order valence-electron chi connectivity index (χ4n) is 4.16. The fourth-order valence-corrected chi connectivity index (χ4v) is 4.16. The number of aryl methyl sites for hydroxylation is 1. The van der Waals surface area contributed by atoms with Crippen LogP contribution in [0.5, 0.6) is 5.75 Å². The number of hydrogen-bond acceptors (Lipinski definition) is 3. The summed E-state index contributed by atoms with van der Waals surface area (Å²) in [5.74, 6) is 1.45. The van der Waals surface area contributed by atoms with E-state index < -0.39 is 0 Å². The highest BCUT2D eigenvalue weighted by molar-refractivity contribution is 5.66. The minimum atomic E-state index is 0.478. The van der Waals surface area contributed by atoms with E-state index in [4.69, 9.17) is 4.74 Å². The summed E-state index contributed by atoms with van der Waals surface area (Å²) in [6.07, 6.45) is 4.37. The monoisotopic (exact) mass is 361 g/mol. The van der Waals surface area contributed by atoms with E-state index in [1.54, 1.807) is 7.11 Å². The molecule has 4 heteroatoms. The number of likely N-dealkylation sites (tertiary alicyclic amines) is 1. The molecule has 4 rings (SSSR count). The maximum Gasteiger partial charge on any atom is 0.123 e. The van der Waals surface area contributed by atoms with Crippen LogP contribution in [0.3, 0.4) is 0 Å². The van der Waals surface area contributed by atoms with Crippen molar-refractivity contribution in [1.29, 1.82) is 0 Å². The minimum absolute atomic E-state index is 0.478. The quantitative estimate of drug-likeness (QED) is 0.711. The number of nitrogens with one attached hydrogen (secondary N) is 1. The first kappa shape index (κ1) is 17.8. The zero-order chi connectivity index (χ0) is 18.6. The number of methoxy groups -OCH3 is 1. The van der Waals surface area contributed by atoms with Crippen molar-refractivity contribution in [2.75, 3.05) is 20.2 Å². The van der Waals surface area contributed by atoms with Crippen LogP contribution in [0.4, 0.5) is 0 Å². The van der Waals surface area contributed by atoms with Gasteiger partial charge in [-0.3, -0.25) is 10.00 Å². The van der Waals surface area contributed by atoms with Crippen molar-refractivity contribution >= 4 is 0 Å². The van der Waals surface area contributed by atoms with Crippen molar-refractivity contribution in [3.63, 3.8) is 0 Å². The summed E-state index contributed by atoms with van der Waals surface area (Å²) >= 11 is 0. The summed E-state index contributed by atoms with van der Waals surface area (Å²) < 4.78 is 5.53. The van der Waals surface area contributed by atoms with Crippen LogP contribution in [0.2, 0.25) is 0 Å². The molecule has 1 N–H and O–H groups in total. The second kappa shape index (κ2) is 7.97. The van der Waals surface area contributed by atoms with E-state index in [1.807, 2.05) is 18.3 Å². The van der Waals surface area contributed by atoms with Gasteiger partial charge >= 0.3 is 0 Å². The van der Waals surface area contributed by atoms with Gasteiger partial charge in [-0.05, 0) is 37.9 Å². The number of hydrogen-bond donors (Lipinski definition) is 1. The summed E-state index contributed by atoms with van der Waals surface area (Å²) in [5.41, 5.74) is 6.29. The highest BCUT2D eigenvalue weighted by atomic mass is 16.5. The molecule has 0 radical (unpaired) electrons. The highest BCUT2D eigenvalue weighted by Gasteiger charge is 2.25. The van der Waals surface area contributed by atoms with Crippen molar-refractivity contribution in [3.8, 4) is 16.9 Å². The van der Waals surface area contributed by atoms with Gasteiger partial charge in [0.15, 0.2) is 0 Å². The first-order valence-corrected chi connectivity index (χ1v) is 9.69. The van der Waals surface area contributed by atoms with E-state index in [1.165, 1.54) is 40.8 Å². The normalized spacial score (nSPS) is 17.8. The lowest BCUT2D eigenvalue weighted by Crippen LogP contribution is -2.34. The SMILES string of the molecule is COc1ccccc1CN1CCCC(c2[nH]ncc2-c2cccc(C)c2)C1. The zero-order valence-electron chi connectivity index (χ0n) is 16.1. The van der Waals surface area contributed by atoms with Gasteiger partial charge in [0.2, 0.25) is 0 Å². The Morgan fingerprint density at radius 3 is 2.93 bits per heavy atom. The third-order valence-electron chi connectivity index (χ3n) is 5.50. The maximum atomic E-state index is 5.53. The number of H-pyrrole nitrogens is 1. The molecule has 0 saturated carbocycles. The van der Waals surface area contributed by atoms with E-state index in [2.05, 4.69) is 58.4 Å². The summed E-state index contributed by atoms with van der Waals surface area (Å²) in [4.78, 5) is 2.53. The van der Waals surface area contributed by atoms with Crippen molar-refractivity contribution in [1.82, 2.24) is 15.1 Å². The number of nitrogens with zero attached hydrogens (tertiary/aromatic N) is 2. The Kier molecular flexibility index (Phi) is 5.26. The lowest BCUT2D eigenvalue weighted by Gasteiger charge is -2.33. The van der Waals surface area contributed by atoms with Crippen molar-refractivity contribution < 1.29 is 4.74 Å². The van der Waals surface area contributed by atoms with Crippen LogP contribution in [-0.4, -0.2) is 35.3 Å². The van der Waals surface area contributed by atoms with E-state index in [0.29, 0.717) is 5.92 Å². The van der Waals surface area contributed by atoms with Crippen LogP contribution >= 0.6 is 0 Å². The van der Waals surface area contributed by atoms with Crippen LogP contribution in [-0.2, 0) is 6.54 Å². The Morgan fingerprint density at radius 2 is 2.07 bits per heavy atom. The second-order valence-corrected chi connectivity index (χ2v) is 7.45. The minimum Gasteiger partial charge on any atom is -0.496 e. The molecule has 2 heterocycles. The molecule has 1 atom stereocenters. The number of para-hydroxylation sites is 1. The standard InChI is InChI=1S/C23H27N3O/c1-17-7-5-9-18(13-17)21-14-24-25-23(21)20-10-6-12-26(16-20)15-19-8-3-4-11-22(19)27-2/h3-5,7-9,11,13-14,20H,6,10,12,15-16H2,1-2H3,(H,24,25). The molecule has 0 amide bonds. The smallest absolute Gasteiger partial charge is 0.123 e. The molecule has 0 spiro atoms. The van der Waals surface area contributed by atoms with Gasteiger partial charge in [0.05, 0.1) is 13.3 Å². The number of ether oxygens (including phenoxy) is 1. The molecule has 27 heavy (non-hydrogen) atoms. The largest absolute Gasteiger partial charge is 0.496 e. The van der Waals surface area contributed by atoms with E-state index in [9.17, 15) is 0 Å². The molecule has 1 saturated heterocycles. The third kappa shape index (κ3) is 3.91. The molecular weight excluding hydrogens is 334 g/mol. The molecule has 2 aromatic carbocycles. The van der Waals surface area contributed by atoms with Gasteiger partial charge in [0.1, 0.15) is 5.75 Å².